The van der Waals surface area contributed by atoms with E-state index in [-0.39, 0.29) is 0 Å². The summed E-state index contributed by atoms with van der Waals surface area (Å²) in [6.07, 6.45) is 3.48. The first-order valence-corrected chi connectivity index (χ1v) is 7.77. The van der Waals surface area contributed by atoms with Gasteiger partial charge in [-0.05, 0) is 48.7 Å². The van der Waals surface area contributed by atoms with Gasteiger partial charge in [-0.1, -0.05) is 23.7 Å². The number of hydrogen-bond donors (Lipinski definition) is 1. The molecule has 0 saturated heterocycles. The number of benzene rings is 2. The number of nitriles is 1. The molecule has 3 aromatic rings. The normalized spacial score (nSPS) is 10.4. The zero-order chi connectivity index (χ0) is 16.1. The summed E-state index contributed by atoms with van der Waals surface area (Å²) in [6.45, 7) is 0.797. The van der Waals surface area contributed by atoms with E-state index in [2.05, 4.69) is 21.4 Å². The van der Waals surface area contributed by atoms with E-state index in [1.165, 1.54) is 11.9 Å². The number of hydrogen-bond acceptors (Lipinski definition) is 4. The lowest BCUT2D eigenvalue weighted by Gasteiger charge is -2.08. The summed E-state index contributed by atoms with van der Waals surface area (Å²) in [5.74, 6) is 0.767. The first-order valence-electron chi connectivity index (χ1n) is 7.39. The monoisotopic (exact) mass is 322 g/mol. The molecule has 1 heterocycles. The highest BCUT2D eigenvalue weighted by atomic mass is 35.5. The summed E-state index contributed by atoms with van der Waals surface area (Å²) < 4.78 is 0. The molecule has 0 radical (unpaired) electrons. The van der Waals surface area contributed by atoms with Crippen molar-refractivity contribution in [3.8, 4) is 6.07 Å². The van der Waals surface area contributed by atoms with Gasteiger partial charge in [0.1, 0.15) is 12.1 Å². The van der Waals surface area contributed by atoms with Gasteiger partial charge in [0.25, 0.3) is 0 Å². The predicted molar refractivity (Wildman–Crippen MR) is 92.5 cm³/mol. The Kier molecular flexibility index (Phi) is 4.70. The molecule has 0 atom stereocenters. The van der Waals surface area contributed by atoms with Crippen LogP contribution in [-0.4, -0.2) is 16.5 Å². The molecule has 1 aromatic heterocycles. The summed E-state index contributed by atoms with van der Waals surface area (Å²) in [5, 5.41) is 14.0. The molecule has 0 saturated carbocycles. The Bertz CT molecular complexity index is 853. The quantitative estimate of drug-likeness (QED) is 0.715. The van der Waals surface area contributed by atoms with E-state index in [0.717, 1.165) is 41.1 Å². The Balaban J connectivity index is 1.65. The van der Waals surface area contributed by atoms with Crippen LogP contribution in [0.5, 0.6) is 0 Å². The summed E-state index contributed by atoms with van der Waals surface area (Å²) in [4.78, 5) is 8.52. The van der Waals surface area contributed by atoms with E-state index in [0.29, 0.717) is 5.56 Å². The second kappa shape index (κ2) is 7.08. The minimum atomic E-state index is 0.608. The molecule has 0 aliphatic rings. The van der Waals surface area contributed by atoms with Crippen molar-refractivity contribution < 1.29 is 0 Å². The average molecular weight is 323 g/mol. The van der Waals surface area contributed by atoms with Crippen molar-refractivity contribution in [2.75, 3.05) is 11.9 Å². The van der Waals surface area contributed by atoms with E-state index < -0.39 is 0 Å². The molecule has 5 heteroatoms. The van der Waals surface area contributed by atoms with Gasteiger partial charge in [-0.15, -0.1) is 0 Å². The lowest BCUT2D eigenvalue weighted by molar-refractivity contribution is 0.859. The maximum absolute atomic E-state index is 9.03. The van der Waals surface area contributed by atoms with Crippen LogP contribution in [0.4, 0.5) is 5.82 Å². The van der Waals surface area contributed by atoms with Crippen molar-refractivity contribution >= 4 is 28.3 Å². The molecule has 0 unspecified atom stereocenters. The minimum absolute atomic E-state index is 0.608. The first-order chi connectivity index (χ1) is 11.3. The fraction of sp³-hybridized carbons (Fsp3) is 0.167. The van der Waals surface area contributed by atoms with Crippen molar-refractivity contribution in [2.24, 2.45) is 0 Å². The van der Waals surface area contributed by atoms with E-state index in [9.17, 15) is 0 Å². The average Bonchev–Trinajstić information content (AvgIpc) is 2.60. The van der Waals surface area contributed by atoms with Crippen LogP contribution in [0.25, 0.3) is 10.9 Å². The number of nitrogens with one attached hydrogen (secondary N) is 1. The Morgan fingerprint density at radius 2 is 1.91 bits per heavy atom. The van der Waals surface area contributed by atoms with Crippen molar-refractivity contribution in [1.29, 1.82) is 5.26 Å². The third kappa shape index (κ3) is 3.77. The molecular formula is C18H15ClN4. The highest BCUT2D eigenvalue weighted by Gasteiger charge is 2.04. The molecular weight excluding hydrogens is 308 g/mol. The van der Waals surface area contributed by atoms with Crippen LogP contribution in [0.2, 0.25) is 5.02 Å². The zero-order valence-electron chi connectivity index (χ0n) is 12.5. The van der Waals surface area contributed by atoms with Crippen LogP contribution in [0.1, 0.15) is 17.5 Å². The summed E-state index contributed by atoms with van der Waals surface area (Å²) in [5.41, 5.74) is 2.70. The Morgan fingerprint density at radius 1 is 1.09 bits per heavy atom. The van der Waals surface area contributed by atoms with E-state index in [1.54, 1.807) is 6.07 Å². The molecule has 3 rings (SSSR count). The molecule has 0 amide bonds. The van der Waals surface area contributed by atoms with Gasteiger partial charge >= 0.3 is 0 Å². The first kappa shape index (κ1) is 15.3. The Morgan fingerprint density at radius 3 is 2.70 bits per heavy atom. The second-order valence-electron chi connectivity index (χ2n) is 5.22. The number of aryl methyl sites for hydroxylation is 1. The molecule has 1 N–H and O–H groups in total. The molecule has 0 fully saturated rings. The molecule has 2 aromatic carbocycles. The number of halogens is 1. The third-order valence-electron chi connectivity index (χ3n) is 3.61. The minimum Gasteiger partial charge on any atom is -0.369 e. The summed E-state index contributed by atoms with van der Waals surface area (Å²) in [6, 6.07) is 15.5. The lowest BCUT2D eigenvalue weighted by atomic mass is 10.1. The van der Waals surface area contributed by atoms with Crippen LogP contribution in [0.15, 0.2) is 48.8 Å². The van der Waals surface area contributed by atoms with Crippen molar-refractivity contribution in [2.45, 2.75) is 12.8 Å². The van der Waals surface area contributed by atoms with Gasteiger partial charge in [0.15, 0.2) is 0 Å². The standard InChI is InChI=1S/C18H15ClN4/c19-15-6-3-13(4-7-15)2-1-9-21-18-16-10-14(11-20)5-8-17(16)22-12-23-18/h3-8,10,12H,1-2,9H2,(H,21,22,23). The summed E-state index contributed by atoms with van der Waals surface area (Å²) >= 11 is 5.88. The highest BCUT2D eigenvalue weighted by molar-refractivity contribution is 6.30. The van der Waals surface area contributed by atoms with E-state index in [1.807, 2.05) is 36.4 Å². The van der Waals surface area contributed by atoms with E-state index >= 15 is 0 Å². The van der Waals surface area contributed by atoms with Gasteiger partial charge in [0.05, 0.1) is 17.1 Å². The number of nitrogens with zero attached hydrogens (tertiary/aromatic N) is 3. The van der Waals surface area contributed by atoms with Gasteiger partial charge in [-0.3, -0.25) is 0 Å². The van der Waals surface area contributed by atoms with Gasteiger partial charge in [0.2, 0.25) is 0 Å². The van der Waals surface area contributed by atoms with E-state index in [4.69, 9.17) is 16.9 Å². The number of aromatic nitrogens is 2. The molecule has 114 valence electrons. The molecule has 0 aliphatic heterocycles. The Hall–Kier alpha value is -2.64. The van der Waals surface area contributed by atoms with Crippen LogP contribution >= 0.6 is 11.6 Å². The van der Waals surface area contributed by atoms with Crippen molar-refractivity contribution in [3.05, 3.63) is 64.9 Å². The number of rotatable bonds is 5. The van der Waals surface area contributed by atoms with Gasteiger partial charge in [-0.25, -0.2) is 9.97 Å². The zero-order valence-corrected chi connectivity index (χ0v) is 13.2. The highest BCUT2D eigenvalue weighted by Crippen LogP contribution is 2.20. The largest absolute Gasteiger partial charge is 0.369 e. The molecule has 0 aliphatic carbocycles. The topological polar surface area (TPSA) is 61.6 Å². The fourth-order valence-corrected chi connectivity index (χ4v) is 2.54. The van der Waals surface area contributed by atoms with Crippen LogP contribution < -0.4 is 5.32 Å². The smallest absolute Gasteiger partial charge is 0.137 e. The number of fused-ring (bicyclic) bond motifs is 1. The third-order valence-corrected chi connectivity index (χ3v) is 3.86. The van der Waals surface area contributed by atoms with Crippen molar-refractivity contribution in [3.63, 3.8) is 0 Å². The maximum Gasteiger partial charge on any atom is 0.137 e. The van der Waals surface area contributed by atoms with Crippen molar-refractivity contribution in [1.82, 2.24) is 9.97 Å². The molecule has 0 bridgehead atoms. The van der Waals surface area contributed by atoms with Gasteiger partial charge < -0.3 is 5.32 Å². The molecule has 23 heavy (non-hydrogen) atoms. The number of anilines is 1. The predicted octanol–water partition coefficient (Wildman–Crippen LogP) is 4.20. The van der Waals surface area contributed by atoms with Gasteiger partial charge in [0, 0.05) is 17.0 Å². The lowest BCUT2D eigenvalue weighted by Crippen LogP contribution is -2.05. The van der Waals surface area contributed by atoms with Crippen LogP contribution in [0.3, 0.4) is 0 Å². The molecule has 0 spiro atoms. The second-order valence-corrected chi connectivity index (χ2v) is 5.66. The SMILES string of the molecule is N#Cc1ccc2ncnc(NCCCc3ccc(Cl)cc3)c2c1. The van der Waals surface area contributed by atoms with Crippen LogP contribution in [-0.2, 0) is 6.42 Å². The fourth-order valence-electron chi connectivity index (χ4n) is 2.42. The maximum atomic E-state index is 9.03. The van der Waals surface area contributed by atoms with Crippen LogP contribution in [0, 0.1) is 11.3 Å². The van der Waals surface area contributed by atoms with Gasteiger partial charge in [-0.2, -0.15) is 5.26 Å². The molecule has 4 nitrogen and oxygen atoms in total. The summed E-state index contributed by atoms with van der Waals surface area (Å²) in [7, 11) is 0. The Labute approximate surface area is 139 Å².